The molecule has 2 aromatic carbocycles. The summed E-state index contributed by atoms with van der Waals surface area (Å²) in [5.74, 6) is -0.252. The molecule has 3 N–H and O–H groups in total. The van der Waals surface area contributed by atoms with Gasteiger partial charge in [0, 0.05) is 14.8 Å². The van der Waals surface area contributed by atoms with Gasteiger partial charge in [-0.2, -0.15) is 5.26 Å². The number of nitrogens with one attached hydrogen (secondary N) is 1. The molecule has 0 bridgehead atoms. The molecular weight excluding hydrogens is 353 g/mol. The van der Waals surface area contributed by atoms with E-state index < -0.39 is 0 Å². The van der Waals surface area contributed by atoms with Crippen molar-refractivity contribution < 1.29 is 4.79 Å². The maximum atomic E-state index is 12.0. The van der Waals surface area contributed by atoms with Gasteiger partial charge in [-0.25, -0.2) is 0 Å². The van der Waals surface area contributed by atoms with Gasteiger partial charge in [0.2, 0.25) is 0 Å². The number of carbonyl (C=O) groups excluding carboxylic acids is 1. The number of anilines is 2. The molecule has 1 amide bonds. The molecule has 0 spiro atoms. The van der Waals surface area contributed by atoms with Gasteiger partial charge in [-0.05, 0) is 65.1 Å². The van der Waals surface area contributed by atoms with E-state index in [0.717, 1.165) is 3.57 Å². The number of benzene rings is 2. The summed E-state index contributed by atoms with van der Waals surface area (Å²) in [4.78, 5) is 12.0. The third-order valence-corrected chi connectivity index (χ3v) is 3.24. The molecule has 0 saturated heterocycles. The van der Waals surface area contributed by atoms with E-state index in [2.05, 4.69) is 27.9 Å². The molecular formula is C14H10IN3O. The van der Waals surface area contributed by atoms with Crippen molar-refractivity contribution in [2.75, 3.05) is 11.1 Å². The third kappa shape index (κ3) is 3.23. The molecule has 2 aromatic rings. The summed E-state index contributed by atoms with van der Waals surface area (Å²) in [6.45, 7) is 0. The summed E-state index contributed by atoms with van der Waals surface area (Å²) >= 11 is 2.17. The number of amides is 1. The lowest BCUT2D eigenvalue weighted by molar-refractivity contribution is 0.102. The molecule has 0 unspecified atom stereocenters. The quantitative estimate of drug-likeness (QED) is 0.636. The Morgan fingerprint density at radius 2 is 1.89 bits per heavy atom. The molecule has 2 rings (SSSR count). The number of rotatable bonds is 2. The van der Waals surface area contributed by atoms with Gasteiger partial charge in [-0.3, -0.25) is 4.79 Å². The Hall–Kier alpha value is -2.07. The van der Waals surface area contributed by atoms with E-state index in [9.17, 15) is 4.79 Å². The van der Waals surface area contributed by atoms with Crippen molar-refractivity contribution in [3.63, 3.8) is 0 Å². The number of halogens is 1. The summed E-state index contributed by atoms with van der Waals surface area (Å²) in [6, 6.07) is 14.0. The lowest BCUT2D eigenvalue weighted by Crippen LogP contribution is -2.12. The summed E-state index contributed by atoms with van der Waals surface area (Å²) < 4.78 is 1.05. The van der Waals surface area contributed by atoms with E-state index >= 15 is 0 Å². The Bertz CT molecular complexity index is 659. The first-order valence-electron chi connectivity index (χ1n) is 5.46. The molecule has 0 atom stereocenters. The second kappa shape index (κ2) is 5.71. The highest BCUT2D eigenvalue weighted by Crippen LogP contribution is 2.19. The topological polar surface area (TPSA) is 78.9 Å². The predicted molar refractivity (Wildman–Crippen MR) is 82.7 cm³/mol. The van der Waals surface area contributed by atoms with E-state index in [0.29, 0.717) is 22.5 Å². The first-order chi connectivity index (χ1) is 9.10. The molecule has 0 heterocycles. The zero-order valence-corrected chi connectivity index (χ0v) is 12.0. The summed E-state index contributed by atoms with van der Waals surface area (Å²) in [5.41, 5.74) is 7.43. The van der Waals surface area contributed by atoms with E-state index in [1.54, 1.807) is 24.3 Å². The fraction of sp³-hybridized carbons (Fsp3) is 0. The highest BCUT2D eigenvalue weighted by Gasteiger charge is 2.09. The molecule has 0 aliphatic carbocycles. The standard InChI is InChI=1S/C14H10IN3O/c15-11-3-1-9(2-4-11)14(19)18-13-6-5-12(17)7-10(13)8-16/h1-7H,17H2,(H,18,19). The number of hydrogen-bond donors (Lipinski definition) is 2. The Labute approximate surface area is 124 Å². The van der Waals surface area contributed by atoms with Gasteiger partial charge in [0.15, 0.2) is 0 Å². The monoisotopic (exact) mass is 363 g/mol. The minimum Gasteiger partial charge on any atom is -0.399 e. The molecule has 0 radical (unpaired) electrons. The van der Waals surface area contributed by atoms with E-state index in [4.69, 9.17) is 11.0 Å². The molecule has 5 heteroatoms. The first kappa shape index (κ1) is 13.4. The van der Waals surface area contributed by atoms with Crippen molar-refractivity contribution in [2.45, 2.75) is 0 Å². The molecule has 94 valence electrons. The van der Waals surface area contributed by atoms with Gasteiger partial charge < -0.3 is 11.1 Å². The zero-order valence-electron chi connectivity index (χ0n) is 9.85. The van der Waals surface area contributed by atoms with Crippen LogP contribution >= 0.6 is 22.6 Å². The van der Waals surface area contributed by atoms with Crippen LogP contribution in [0.5, 0.6) is 0 Å². The second-order valence-electron chi connectivity index (χ2n) is 3.88. The smallest absolute Gasteiger partial charge is 0.255 e. The zero-order chi connectivity index (χ0) is 13.8. The van der Waals surface area contributed by atoms with Crippen molar-refractivity contribution in [3.8, 4) is 6.07 Å². The maximum absolute atomic E-state index is 12.0. The Kier molecular flexibility index (Phi) is 4.02. The fourth-order valence-electron chi connectivity index (χ4n) is 1.56. The summed E-state index contributed by atoms with van der Waals surface area (Å²) in [6.07, 6.45) is 0. The second-order valence-corrected chi connectivity index (χ2v) is 5.12. The van der Waals surface area contributed by atoms with Gasteiger partial charge in [-0.1, -0.05) is 0 Å². The van der Waals surface area contributed by atoms with Crippen LogP contribution in [0.3, 0.4) is 0 Å². The van der Waals surface area contributed by atoms with Gasteiger partial charge in [0.25, 0.3) is 5.91 Å². The van der Waals surface area contributed by atoms with Crippen LogP contribution < -0.4 is 11.1 Å². The third-order valence-electron chi connectivity index (χ3n) is 2.52. The van der Waals surface area contributed by atoms with Crippen LogP contribution in [-0.4, -0.2) is 5.91 Å². The summed E-state index contributed by atoms with van der Waals surface area (Å²) in [7, 11) is 0. The fourth-order valence-corrected chi connectivity index (χ4v) is 1.92. The van der Waals surface area contributed by atoms with E-state index in [-0.39, 0.29) is 5.91 Å². The number of carbonyl (C=O) groups is 1. The lowest BCUT2D eigenvalue weighted by Gasteiger charge is -2.07. The van der Waals surface area contributed by atoms with E-state index in [1.807, 2.05) is 18.2 Å². The lowest BCUT2D eigenvalue weighted by atomic mass is 10.1. The number of hydrogen-bond acceptors (Lipinski definition) is 3. The Morgan fingerprint density at radius 1 is 1.21 bits per heavy atom. The normalized spacial score (nSPS) is 9.68. The van der Waals surface area contributed by atoms with Crippen molar-refractivity contribution in [3.05, 3.63) is 57.2 Å². The van der Waals surface area contributed by atoms with Crippen LogP contribution in [0.15, 0.2) is 42.5 Å². The number of nitrogens with zero attached hydrogens (tertiary/aromatic N) is 1. The average Bonchev–Trinajstić information content (AvgIpc) is 2.41. The summed E-state index contributed by atoms with van der Waals surface area (Å²) in [5, 5.41) is 11.7. The number of nitrogen functional groups attached to an aromatic ring is 1. The largest absolute Gasteiger partial charge is 0.399 e. The molecule has 0 aromatic heterocycles. The number of nitrogens with two attached hydrogens (primary N) is 1. The van der Waals surface area contributed by atoms with Crippen molar-refractivity contribution in [2.24, 2.45) is 0 Å². The maximum Gasteiger partial charge on any atom is 0.255 e. The first-order valence-corrected chi connectivity index (χ1v) is 6.54. The highest BCUT2D eigenvalue weighted by atomic mass is 127. The van der Waals surface area contributed by atoms with Gasteiger partial charge in [0.05, 0.1) is 11.3 Å². The van der Waals surface area contributed by atoms with Crippen LogP contribution in [0.2, 0.25) is 0 Å². The van der Waals surface area contributed by atoms with Crippen molar-refractivity contribution in [1.29, 1.82) is 5.26 Å². The van der Waals surface area contributed by atoms with E-state index in [1.165, 1.54) is 6.07 Å². The van der Waals surface area contributed by atoms with Gasteiger partial charge >= 0.3 is 0 Å². The molecule has 4 nitrogen and oxygen atoms in total. The molecule has 0 aliphatic heterocycles. The van der Waals surface area contributed by atoms with Crippen LogP contribution in [0, 0.1) is 14.9 Å². The van der Waals surface area contributed by atoms with Gasteiger partial charge in [0.1, 0.15) is 6.07 Å². The minimum absolute atomic E-state index is 0.252. The predicted octanol–water partition coefficient (Wildman–Crippen LogP) is 3.00. The van der Waals surface area contributed by atoms with Crippen LogP contribution in [-0.2, 0) is 0 Å². The van der Waals surface area contributed by atoms with Crippen molar-refractivity contribution in [1.82, 2.24) is 0 Å². The SMILES string of the molecule is N#Cc1cc(N)ccc1NC(=O)c1ccc(I)cc1. The average molecular weight is 363 g/mol. The highest BCUT2D eigenvalue weighted by molar-refractivity contribution is 14.1. The molecule has 19 heavy (non-hydrogen) atoms. The molecule has 0 saturated carbocycles. The van der Waals surface area contributed by atoms with Crippen LogP contribution in [0.1, 0.15) is 15.9 Å². The van der Waals surface area contributed by atoms with Crippen LogP contribution in [0.25, 0.3) is 0 Å². The Balaban J connectivity index is 2.24. The Morgan fingerprint density at radius 3 is 2.53 bits per heavy atom. The van der Waals surface area contributed by atoms with Gasteiger partial charge in [-0.15, -0.1) is 0 Å². The minimum atomic E-state index is -0.252. The van der Waals surface area contributed by atoms with Crippen LogP contribution in [0.4, 0.5) is 11.4 Å². The molecule has 0 fully saturated rings. The number of nitriles is 1. The molecule has 0 aliphatic rings. The van der Waals surface area contributed by atoms with Crippen molar-refractivity contribution >= 4 is 39.9 Å².